The maximum absolute atomic E-state index is 4.16. The van der Waals surface area contributed by atoms with E-state index in [1.165, 1.54) is 12.8 Å². The third-order valence-electron chi connectivity index (χ3n) is 2.04. The second-order valence-corrected chi connectivity index (χ2v) is 5.01. The highest BCUT2D eigenvalue weighted by molar-refractivity contribution is 9.09. The Bertz CT molecular complexity index is 429. The Morgan fingerprint density at radius 1 is 1.27 bits per heavy atom. The van der Waals surface area contributed by atoms with E-state index in [-0.39, 0.29) is 0 Å². The molecule has 0 fully saturated rings. The number of hydrogen-bond acceptors (Lipinski definition) is 3. The maximum atomic E-state index is 4.16. The molecule has 3 nitrogen and oxygen atoms in total. The Balaban J connectivity index is 2.02. The third kappa shape index (κ3) is 2.72. The zero-order valence-electron chi connectivity index (χ0n) is 8.27. The highest BCUT2D eigenvalue weighted by Gasteiger charge is 2.03. The lowest BCUT2D eigenvalue weighted by atomic mass is 10.4. The van der Waals surface area contributed by atoms with Crippen molar-refractivity contribution in [3.05, 3.63) is 24.4 Å². The van der Waals surface area contributed by atoms with Crippen LogP contribution in [0.5, 0.6) is 0 Å². The summed E-state index contributed by atoms with van der Waals surface area (Å²) in [6, 6.07) is 5.94. The number of rotatable bonds is 5. The van der Waals surface area contributed by atoms with Gasteiger partial charge in [0.25, 0.3) is 0 Å². The van der Waals surface area contributed by atoms with Crippen LogP contribution in [-0.2, 0) is 0 Å². The van der Waals surface area contributed by atoms with Crippen LogP contribution >= 0.6 is 27.7 Å². The fourth-order valence-electron chi connectivity index (χ4n) is 1.28. The predicted molar refractivity (Wildman–Crippen MR) is 66.7 cm³/mol. The topological polar surface area (TPSA) is 30.2 Å². The van der Waals surface area contributed by atoms with Crippen LogP contribution in [-0.4, -0.2) is 25.7 Å². The smallest absolute Gasteiger partial charge is 0.195 e. The van der Waals surface area contributed by atoms with Gasteiger partial charge in [0.2, 0.25) is 0 Å². The van der Waals surface area contributed by atoms with Crippen LogP contribution in [0.2, 0.25) is 0 Å². The summed E-state index contributed by atoms with van der Waals surface area (Å²) in [5, 5.41) is 10.3. The quantitative estimate of drug-likeness (QED) is 0.481. The van der Waals surface area contributed by atoms with Crippen LogP contribution in [0.4, 0.5) is 0 Å². The first-order valence-electron chi connectivity index (χ1n) is 4.90. The molecule has 0 aliphatic rings. The minimum atomic E-state index is 0.917. The molecule has 0 radical (unpaired) electrons. The Morgan fingerprint density at radius 2 is 2.20 bits per heavy atom. The molecular weight excluding hydrogens is 274 g/mol. The molecule has 0 N–H and O–H groups in total. The zero-order valence-corrected chi connectivity index (χ0v) is 10.7. The lowest BCUT2D eigenvalue weighted by Gasteiger charge is -1.98. The molecular formula is C10H12BrN3S. The molecule has 0 atom stereocenters. The highest BCUT2D eigenvalue weighted by atomic mass is 79.9. The van der Waals surface area contributed by atoms with Crippen LogP contribution in [0.1, 0.15) is 12.8 Å². The van der Waals surface area contributed by atoms with Crippen molar-refractivity contribution in [3.63, 3.8) is 0 Å². The second kappa shape index (κ2) is 5.51. The Hall–Kier alpha value is -0.550. The van der Waals surface area contributed by atoms with Gasteiger partial charge < -0.3 is 0 Å². The molecule has 0 unspecified atom stereocenters. The number of fused-ring (bicyclic) bond motifs is 1. The summed E-state index contributed by atoms with van der Waals surface area (Å²) in [4.78, 5) is 0. The molecule has 2 aromatic rings. The molecule has 0 amide bonds. The van der Waals surface area contributed by atoms with Crippen LogP contribution in [0.25, 0.3) is 5.65 Å². The molecule has 0 saturated heterocycles. The fourth-order valence-corrected chi connectivity index (χ4v) is 2.60. The van der Waals surface area contributed by atoms with Gasteiger partial charge >= 0.3 is 0 Å². The number of aromatic nitrogens is 3. The van der Waals surface area contributed by atoms with Gasteiger partial charge in [0.05, 0.1) is 0 Å². The van der Waals surface area contributed by atoms with Crippen LogP contribution in [0.15, 0.2) is 29.6 Å². The minimum Gasteiger partial charge on any atom is -0.277 e. The van der Waals surface area contributed by atoms with E-state index in [1.54, 1.807) is 11.8 Å². The van der Waals surface area contributed by atoms with E-state index in [2.05, 4.69) is 26.1 Å². The molecule has 2 aromatic heterocycles. The van der Waals surface area contributed by atoms with Gasteiger partial charge in [-0.25, -0.2) is 0 Å². The van der Waals surface area contributed by atoms with Gasteiger partial charge in [0.15, 0.2) is 10.8 Å². The van der Waals surface area contributed by atoms with Gasteiger partial charge in [-0.2, -0.15) is 0 Å². The molecule has 0 saturated carbocycles. The monoisotopic (exact) mass is 285 g/mol. The number of thioether (sulfide) groups is 1. The van der Waals surface area contributed by atoms with Gasteiger partial charge in [0.1, 0.15) is 0 Å². The van der Waals surface area contributed by atoms with E-state index >= 15 is 0 Å². The van der Waals surface area contributed by atoms with Crippen LogP contribution in [0, 0.1) is 0 Å². The van der Waals surface area contributed by atoms with E-state index in [1.807, 2.05) is 28.8 Å². The average Bonchev–Trinajstić information content (AvgIpc) is 2.68. The molecule has 0 bridgehead atoms. The standard InChI is InChI=1S/C10H12BrN3S/c11-6-2-4-8-15-10-13-12-9-5-1-3-7-14(9)10/h1,3,5,7H,2,4,6,8H2. The number of halogens is 1. The number of hydrogen-bond donors (Lipinski definition) is 0. The Morgan fingerprint density at radius 3 is 3.07 bits per heavy atom. The normalized spacial score (nSPS) is 11.0. The molecule has 0 aliphatic carbocycles. The van der Waals surface area contributed by atoms with Gasteiger partial charge in [-0.1, -0.05) is 33.8 Å². The number of pyridine rings is 1. The van der Waals surface area contributed by atoms with E-state index in [4.69, 9.17) is 0 Å². The highest BCUT2D eigenvalue weighted by Crippen LogP contribution is 2.17. The summed E-state index contributed by atoms with van der Waals surface area (Å²) in [7, 11) is 0. The fraction of sp³-hybridized carbons (Fsp3) is 0.400. The summed E-state index contributed by atoms with van der Waals surface area (Å²) in [6.07, 6.45) is 4.42. The number of alkyl halides is 1. The van der Waals surface area contributed by atoms with Crippen molar-refractivity contribution < 1.29 is 0 Å². The first-order chi connectivity index (χ1) is 7.42. The largest absolute Gasteiger partial charge is 0.277 e. The molecule has 2 rings (SSSR count). The Kier molecular flexibility index (Phi) is 4.02. The lowest BCUT2D eigenvalue weighted by molar-refractivity contribution is 0.890. The van der Waals surface area contributed by atoms with E-state index < -0.39 is 0 Å². The summed E-state index contributed by atoms with van der Waals surface area (Å²) in [6.45, 7) is 0. The second-order valence-electron chi connectivity index (χ2n) is 3.16. The van der Waals surface area contributed by atoms with E-state index in [9.17, 15) is 0 Å². The van der Waals surface area contributed by atoms with Gasteiger partial charge in [0, 0.05) is 17.3 Å². The zero-order chi connectivity index (χ0) is 10.5. The van der Waals surface area contributed by atoms with Crippen molar-refractivity contribution in [2.24, 2.45) is 0 Å². The first-order valence-corrected chi connectivity index (χ1v) is 7.01. The van der Waals surface area contributed by atoms with Crippen molar-refractivity contribution >= 4 is 33.3 Å². The average molecular weight is 286 g/mol. The van der Waals surface area contributed by atoms with Gasteiger partial charge in [-0.15, -0.1) is 10.2 Å². The lowest BCUT2D eigenvalue weighted by Crippen LogP contribution is -1.88. The molecule has 15 heavy (non-hydrogen) atoms. The van der Waals surface area contributed by atoms with Crippen LogP contribution < -0.4 is 0 Å². The van der Waals surface area contributed by atoms with Crippen molar-refractivity contribution in [2.75, 3.05) is 11.1 Å². The SMILES string of the molecule is BrCCCCSc1nnc2ccccn12. The Labute approximate surface area is 101 Å². The van der Waals surface area contributed by atoms with E-state index in [0.29, 0.717) is 0 Å². The third-order valence-corrected chi connectivity index (χ3v) is 3.63. The molecule has 80 valence electrons. The number of unbranched alkanes of at least 4 members (excludes halogenated alkanes) is 1. The number of nitrogens with zero attached hydrogens (tertiary/aromatic N) is 3. The summed E-state index contributed by atoms with van der Waals surface area (Å²) >= 11 is 5.19. The summed E-state index contributed by atoms with van der Waals surface area (Å²) < 4.78 is 2.03. The summed E-state index contributed by atoms with van der Waals surface area (Å²) in [5.74, 6) is 1.10. The van der Waals surface area contributed by atoms with Gasteiger partial charge in [-0.05, 0) is 25.0 Å². The van der Waals surface area contributed by atoms with Crippen molar-refractivity contribution in [3.8, 4) is 0 Å². The summed E-state index contributed by atoms with van der Waals surface area (Å²) in [5.41, 5.74) is 0.917. The van der Waals surface area contributed by atoms with Crippen molar-refractivity contribution in [1.82, 2.24) is 14.6 Å². The first kappa shape index (κ1) is 11.0. The van der Waals surface area contributed by atoms with E-state index in [0.717, 1.165) is 21.9 Å². The van der Waals surface area contributed by atoms with Gasteiger partial charge in [-0.3, -0.25) is 4.40 Å². The maximum Gasteiger partial charge on any atom is 0.195 e. The molecule has 2 heterocycles. The molecule has 0 aliphatic heterocycles. The minimum absolute atomic E-state index is 0.917. The van der Waals surface area contributed by atoms with Crippen molar-refractivity contribution in [1.29, 1.82) is 0 Å². The molecule has 0 spiro atoms. The predicted octanol–water partition coefficient (Wildman–Crippen LogP) is 3.00. The van der Waals surface area contributed by atoms with Crippen LogP contribution in [0.3, 0.4) is 0 Å². The molecule has 0 aromatic carbocycles. The van der Waals surface area contributed by atoms with Crippen molar-refractivity contribution in [2.45, 2.75) is 18.0 Å². The molecule has 5 heteroatoms.